The van der Waals surface area contributed by atoms with E-state index in [1.807, 2.05) is 0 Å². The maximum absolute atomic E-state index is 12.5. The average Bonchev–Trinajstić information content (AvgIpc) is 2.54. The molecule has 2 aromatic rings. The second-order valence-electron chi connectivity index (χ2n) is 5.17. The first-order chi connectivity index (χ1) is 11.8. The van der Waals surface area contributed by atoms with Crippen LogP contribution in [0.25, 0.3) is 0 Å². The lowest BCUT2D eigenvalue weighted by molar-refractivity contribution is -0.137. The summed E-state index contributed by atoms with van der Waals surface area (Å²) in [7, 11) is 1.56. The number of hydrogen-bond acceptors (Lipinski definition) is 5. The summed E-state index contributed by atoms with van der Waals surface area (Å²) in [5, 5.41) is 5.43. The number of carbonyl (C=O) groups is 1. The van der Waals surface area contributed by atoms with Crippen LogP contribution < -0.4 is 10.6 Å². The van der Waals surface area contributed by atoms with Crippen molar-refractivity contribution in [1.29, 1.82) is 0 Å². The molecule has 1 aromatic carbocycles. The highest BCUT2D eigenvalue weighted by Crippen LogP contribution is 2.29. The summed E-state index contributed by atoms with van der Waals surface area (Å²) >= 11 is 0. The Morgan fingerprint density at radius 2 is 1.88 bits per heavy atom. The van der Waals surface area contributed by atoms with Crippen molar-refractivity contribution < 1.29 is 22.7 Å². The molecule has 0 fully saturated rings. The maximum atomic E-state index is 12.5. The van der Waals surface area contributed by atoms with Crippen LogP contribution in [0.15, 0.2) is 30.3 Å². The van der Waals surface area contributed by atoms with Gasteiger partial charge in [-0.25, -0.2) is 9.97 Å². The van der Waals surface area contributed by atoms with Crippen LogP contribution in [0.4, 0.5) is 24.8 Å². The number of hydrogen-bond donors (Lipinski definition) is 2. The number of benzene rings is 1. The van der Waals surface area contributed by atoms with Crippen molar-refractivity contribution >= 4 is 17.5 Å². The SMILES string of the molecule is COCCNc1nc(C)cc(C(=O)Nc2ccc(C(F)(F)F)cc2)n1. The van der Waals surface area contributed by atoms with E-state index in [0.29, 0.717) is 18.8 Å². The molecule has 0 bridgehead atoms. The number of nitrogens with zero attached hydrogens (tertiary/aromatic N) is 2. The minimum Gasteiger partial charge on any atom is -0.383 e. The lowest BCUT2D eigenvalue weighted by atomic mass is 10.2. The van der Waals surface area contributed by atoms with E-state index in [0.717, 1.165) is 12.1 Å². The summed E-state index contributed by atoms with van der Waals surface area (Å²) in [4.78, 5) is 20.5. The number of anilines is 2. The van der Waals surface area contributed by atoms with E-state index in [9.17, 15) is 18.0 Å². The van der Waals surface area contributed by atoms with Gasteiger partial charge in [0, 0.05) is 25.0 Å². The Kier molecular flexibility index (Phi) is 5.92. The van der Waals surface area contributed by atoms with Crippen LogP contribution in [-0.2, 0) is 10.9 Å². The molecule has 2 N–H and O–H groups in total. The fourth-order valence-corrected chi connectivity index (χ4v) is 1.97. The highest BCUT2D eigenvalue weighted by molar-refractivity contribution is 6.03. The molecule has 25 heavy (non-hydrogen) atoms. The van der Waals surface area contributed by atoms with Crippen LogP contribution in [0, 0.1) is 6.92 Å². The van der Waals surface area contributed by atoms with Gasteiger partial charge >= 0.3 is 6.18 Å². The third-order valence-electron chi connectivity index (χ3n) is 3.15. The number of aromatic nitrogens is 2. The molecule has 0 aliphatic carbocycles. The quantitative estimate of drug-likeness (QED) is 0.780. The standard InChI is InChI=1S/C16H17F3N4O2/c1-10-9-13(23-15(21-10)20-7-8-25-2)14(24)22-12-5-3-11(4-6-12)16(17,18)19/h3-6,9H,7-8H2,1-2H3,(H,22,24)(H,20,21,23). The van der Waals surface area contributed by atoms with Crippen LogP contribution in [0.1, 0.15) is 21.7 Å². The largest absolute Gasteiger partial charge is 0.416 e. The van der Waals surface area contributed by atoms with Crippen molar-refractivity contribution in [3.8, 4) is 0 Å². The zero-order valence-electron chi connectivity index (χ0n) is 13.6. The lowest BCUT2D eigenvalue weighted by Crippen LogP contribution is -2.17. The summed E-state index contributed by atoms with van der Waals surface area (Å²) in [5.74, 6) is -0.269. The Morgan fingerprint density at radius 1 is 1.20 bits per heavy atom. The summed E-state index contributed by atoms with van der Waals surface area (Å²) < 4.78 is 42.5. The van der Waals surface area contributed by atoms with Crippen LogP contribution in [0.2, 0.25) is 0 Å². The predicted molar refractivity (Wildman–Crippen MR) is 86.5 cm³/mol. The first kappa shape index (κ1) is 18.7. The van der Waals surface area contributed by atoms with E-state index >= 15 is 0 Å². The Bertz CT molecular complexity index is 733. The van der Waals surface area contributed by atoms with Crippen LogP contribution in [-0.4, -0.2) is 36.1 Å². The summed E-state index contributed by atoms with van der Waals surface area (Å²) in [6, 6.07) is 5.66. The van der Waals surface area contributed by atoms with Gasteiger partial charge in [-0.3, -0.25) is 4.79 Å². The molecule has 0 saturated carbocycles. The van der Waals surface area contributed by atoms with Gasteiger partial charge in [-0.15, -0.1) is 0 Å². The molecule has 1 heterocycles. The first-order valence-corrected chi connectivity index (χ1v) is 7.36. The number of aryl methyl sites for hydroxylation is 1. The monoisotopic (exact) mass is 354 g/mol. The van der Waals surface area contributed by atoms with E-state index in [-0.39, 0.29) is 17.3 Å². The van der Waals surface area contributed by atoms with Gasteiger partial charge in [0.15, 0.2) is 0 Å². The van der Waals surface area contributed by atoms with Gasteiger partial charge in [0.05, 0.1) is 12.2 Å². The molecule has 6 nitrogen and oxygen atoms in total. The molecule has 0 saturated heterocycles. The summed E-state index contributed by atoms with van der Waals surface area (Å²) in [5.41, 5.74) is 0.135. The molecule has 1 amide bonds. The molecule has 0 aliphatic rings. The van der Waals surface area contributed by atoms with E-state index in [4.69, 9.17) is 4.74 Å². The topological polar surface area (TPSA) is 76.1 Å². The van der Waals surface area contributed by atoms with E-state index in [2.05, 4.69) is 20.6 Å². The molecule has 0 spiro atoms. The second-order valence-corrected chi connectivity index (χ2v) is 5.17. The van der Waals surface area contributed by atoms with Crippen molar-refractivity contribution in [2.45, 2.75) is 13.1 Å². The third-order valence-corrected chi connectivity index (χ3v) is 3.15. The van der Waals surface area contributed by atoms with E-state index < -0.39 is 17.6 Å². The molecule has 0 atom stereocenters. The molecular formula is C16H17F3N4O2. The molecule has 1 aromatic heterocycles. The van der Waals surface area contributed by atoms with Crippen molar-refractivity contribution in [2.75, 3.05) is 30.9 Å². The summed E-state index contributed by atoms with van der Waals surface area (Å²) in [6.07, 6.45) is -4.42. The third kappa shape index (κ3) is 5.42. The highest BCUT2D eigenvalue weighted by Gasteiger charge is 2.30. The second kappa shape index (κ2) is 7.93. The number of halogens is 3. The van der Waals surface area contributed by atoms with Gasteiger partial charge in [-0.2, -0.15) is 13.2 Å². The molecule has 0 unspecified atom stereocenters. The Labute approximate surface area is 142 Å². The highest BCUT2D eigenvalue weighted by atomic mass is 19.4. The molecule has 0 aliphatic heterocycles. The Balaban J connectivity index is 2.09. The molecular weight excluding hydrogens is 337 g/mol. The Hall–Kier alpha value is -2.68. The van der Waals surface area contributed by atoms with Gasteiger partial charge in [0.2, 0.25) is 5.95 Å². The number of methoxy groups -OCH3 is 1. The van der Waals surface area contributed by atoms with Crippen molar-refractivity contribution in [3.63, 3.8) is 0 Å². The first-order valence-electron chi connectivity index (χ1n) is 7.36. The van der Waals surface area contributed by atoms with Gasteiger partial charge in [-0.05, 0) is 37.3 Å². The number of ether oxygens (including phenoxy) is 1. The fourth-order valence-electron chi connectivity index (χ4n) is 1.97. The van der Waals surface area contributed by atoms with Gasteiger partial charge in [0.1, 0.15) is 5.69 Å². The minimum absolute atomic E-state index is 0.104. The van der Waals surface area contributed by atoms with Gasteiger partial charge in [0.25, 0.3) is 5.91 Å². The predicted octanol–water partition coefficient (Wildman–Crippen LogP) is 3.11. The smallest absolute Gasteiger partial charge is 0.383 e. The van der Waals surface area contributed by atoms with E-state index in [1.54, 1.807) is 14.0 Å². The number of nitrogens with one attached hydrogen (secondary N) is 2. The Morgan fingerprint density at radius 3 is 2.48 bits per heavy atom. The molecule has 2 rings (SSSR count). The molecule has 9 heteroatoms. The lowest BCUT2D eigenvalue weighted by Gasteiger charge is -2.10. The van der Waals surface area contributed by atoms with E-state index in [1.165, 1.54) is 18.2 Å². The summed E-state index contributed by atoms with van der Waals surface area (Å²) in [6.45, 7) is 2.63. The van der Waals surface area contributed by atoms with Crippen molar-refractivity contribution in [2.24, 2.45) is 0 Å². The normalized spacial score (nSPS) is 11.2. The van der Waals surface area contributed by atoms with Gasteiger partial charge in [-0.1, -0.05) is 0 Å². The van der Waals surface area contributed by atoms with Crippen molar-refractivity contribution in [1.82, 2.24) is 9.97 Å². The van der Waals surface area contributed by atoms with Crippen molar-refractivity contribution in [3.05, 3.63) is 47.3 Å². The number of carbonyl (C=O) groups excluding carboxylic acids is 1. The number of alkyl halides is 3. The zero-order valence-corrected chi connectivity index (χ0v) is 13.6. The number of rotatable bonds is 6. The van der Waals surface area contributed by atoms with Crippen LogP contribution >= 0.6 is 0 Å². The zero-order chi connectivity index (χ0) is 18.4. The van der Waals surface area contributed by atoms with Crippen LogP contribution in [0.3, 0.4) is 0 Å². The van der Waals surface area contributed by atoms with Crippen LogP contribution in [0.5, 0.6) is 0 Å². The number of amides is 1. The van der Waals surface area contributed by atoms with Gasteiger partial charge < -0.3 is 15.4 Å². The molecule has 134 valence electrons. The average molecular weight is 354 g/mol. The minimum atomic E-state index is -4.42. The molecule has 0 radical (unpaired) electrons. The fraction of sp³-hybridized carbons (Fsp3) is 0.312. The maximum Gasteiger partial charge on any atom is 0.416 e.